The largest absolute Gasteiger partial charge is 0.497 e. The van der Waals surface area contributed by atoms with Gasteiger partial charge in [-0.05, 0) is 35.9 Å². The third-order valence-electron chi connectivity index (χ3n) is 3.09. The third-order valence-corrected chi connectivity index (χ3v) is 4.36. The van der Waals surface area contributed by atoms with Crippen molar-refractivity contribution in [2.75, 3.05) is 14.2 Å². The van der Waals surface area contributed by atoms with Gasteiger partial charge in [0.15, 0.2) is 0 Å². The van der Waals surface area contributed by atoms with Gasteiger partial charge in [0, 0.05) is 13.1 Å². The number of carbonyl (C=O) groups is 1. The second kappa shape index (κ2) is 7.76. The first kappa shape index (κ1) is 17.7. The van der Waals surface area contributed by atoms with Crippen LogP contribution < -0.4 is 4.74 Å². The van der Waals surface area contributed by atoms with Gasteiger partial charge in [-0.2, -0.15) is 8.42 Å². The van der Waals surface area contributed by atoms with E-state index in [1.165, 1.54) is 25.3 Å². The van der Waals surface area contributed by atoms with Gasteiger partial charge in [-0.15, -0.1) is 4.28 Å². The zero-order valence-electron chi connectivity index (χ0n) is 13.2. The SMILES string of the molecule is COc1ccc(C=CC(=O)N(C)OS(=O)(=O)c2ccccc2)cc1. The summed E-state index contributed by atoms with van der Waals surface area (Å²) < 4.78 is 33.9. The van der Waals surface area contributed by atoms with Crippen LogP contribution in [0, 0.1) is 0 Å². The van der Waals surface area contributed by atoms with E-state index in [2.05, 4.69) is 0 Å². The van der Waals surface area contributed by atoms with Gasteiger partial charge in [0.2, 0.25) is 0 Å². The Morgan fingerprint density at radius 3 is 2.25 bits per heavy atom. The molecule has 0 heterocycles. The number of carbonyl (C=O) groups excluding carboxylic acids is 1. The lowest BCUT2D eigenvalue weighted by molar-refractivity contribution is -0.145. The lowest BCUT2D eigenvalue weighted by Gasteiger charge is -2.14. The fraction of sp³-hybridized carbons (Fsp3) is 0.118. The molecular weight excluding hydrogens is 330 g/mol. The average Bonchev–Trinajstić information content (AvgIpc) is 2.60. The molecule has 0 aliphatic heterocycles. The molecule has 2 rings (SSSR count). The van der Waals surface area contributed by atoms with Crippen molar-refractivity contribution < 1.29 is 22.2 Å². The van der Waals surface area contributed by atoms with Crippen LogP contribution in [0.15, 0.2) is 65.6 Å². The first-order chi connectivity index (χ1) is 11.4. The number of amides is 1. The van der Waals surface area contributed by atoms with Crippen molar-refractivity contribution in [3.63, 3.8) is 0 Å². The summed E-state index contributed by atoms with van der Waals surface area (Å²) in [4.78, 5) is 11.9. The molecule has 0 bridgehead atoms. The first-order valence-electron chi connectivity index (χ1n) is 7.02. The zero-order chi connectivity index (χ0) is 17.6. The van der Waals surface area contributed by atoms with Crippen molar-refractivity contribution >= 4 is 22.1 Å². The van der Waals surface area contributed by atoms with Crippen molar-refractivity contribution in [1.29, 1.82) is 0 Å². The molecule has 0 saturated heterocycles. The maximum absolute atomic E-state index is 12.0. The molecule has 0 N–H and O–H groups in total. The maximum atomic E-state index is 12.0. The summed E-state index contributed by atoms with van der Waals surface area (Å²) in [6.07, 6.45) is 2.78. The van der Waals surface area contributed by atoms with Gasteiger partial charge in [0.1, 0.15) is 5.75 Å². The van der Waals surface area contributed by atoms with Crippen LogP contribution >= 0.6 is 0 Å². The third kappa shape index (κ3) is 4.68. The van der Waals surface area contributed by atoms with E-state index in [0.29, 0.717) is 10.8 Å². The minimum absolute atomic E-state index is 0.0243. The van der Waals surface area contributed by atoms with Gasteiger partial charge >= 0.3 is 10.1 Å². The Hall–Kier alpha value is -2.64. The first-order valence-corrected chi connectivity index (χ1v) is 8.42. The summed E-state index contributed by atoms with van der Waals surface area (Å²) in [5.41, 5.74) is 0.767. The van der Waals surface area contributed by atoms with Gasteiger partial charge in [-0.3, -0.25) is 4.79 Å². The minimum Gasteiger partial charge on any atom is -0.497 e. The van der Waals surface area contributed by atoms with Crippen molar-refractivity contribution in [2.45, 2.75) is 4.90 Å². The van der Waals surface area contributed by atoms with Crippen LogP contribution in [0.1, 0.15) is 5.56 Å². The second-order valence-corrected chi connectivity index (χ2v) is 6.31. The van der Waals surface area contributed by atoms with Crippen LogP contribution in [0.2, 0.25) is 0 Å². The number of hydrogen-bond donors (Lipinski definition) is 0. The molecule has 0 aromatic heterocycles. The zero-order valence-corrected chi connectivity index (χ0v) is 14.1. The van der Waals surface area contributed by atoms with Gasteiger partial charge < -0.3 is 4.74 Å². The highest BCUT2D eigenvalue weighted by molar-refractivity contribution is 7.86. The summed E-state index contributed by atoms with van der Waals surface area (Å²) in [5, 5.41) is 0.669. The number of methoxy groups -OCH3 is 1. The maximum Gasteiger partial charge on any atom is 0.317 e. The quantitative estimate of drug-likeness (QED) is 0.593. The summed E-state index contributed by atoms with van der Waals surface area (Å²) >= 11 is 0. The Morgan fingerprint density at radius 1 is 1.04 bits per heavy atom. The normalized spacial score (nSPS) is 11.4. The highest BCUT2D eigenvalue weighted by Crippen LogP contribution is 2.14. The Kier molecular flexibility index (Phi) is 5.73. The summed E-state index contributed by atoms with van der Waals surface area (Å²) in [7, 11) is -1.24. The van der Waals surface area contributed by atoms with E-state index < -0.39 is 16.0 Å². The number of rotatable bonds is 6. The molecule has 0 atom stereocenters. The Labute approximate surface area is 141 Å². The van der Waals surface area contributed by atoms with E-state index in [9.17, 15) is 13.2 Å². The topological polar surface area (TPSA) is 72.9 Å². The molecule has 0 aliphatic rings. The number of nitrogens with zero attached hydrogens (tertiary/aromatic N) is 1. The van der Waals surface area contributed by atoms with Gasteiger partial charge in [0.25, 0.3) is 5.91 Å². The average molecular weight is 347 g/mol. The van der Waals surface area contributed by atoms with Crippen molar-refractivity contribution in [3.05, 3.63) is 66.2 Å². The molecule has 0 fully saturated rings. The number of hydroxylamine groups is 2. The van der Waals surface area contributed by atoms with Crippen LogP contribution in [0.3, 0.4) is 0 Å². The fourth-order valence-corrected chi connectivity index (χ4v) is 2.75. The molecule has 0 spiro atoms. The number of ether oxygens (including phenoxy) is 1. The second-order valence-electron chi connectivity index (χ2n) is 4.78. The van der Waals surface area contributed by atoms with Crippen LogP contribution in [-0.4, -0.2) is 33.5 Å². The van der Waals surface area contributed by atoms with Crippen LogP contribution in [0.25, 0.3) is 6.08 Å². The van der Waals surface area contributed by atoms with Gasteiger partial charge in [-0.1, -0.05) is 30.3 Å². The van der Waals surface area contributed by atoms with Crippen LogP contribution in [0.5, 0.6) is 5.75 Å². The highest BCUT2D eigenvalue weighted by Gasteiger charge is 2.20. The van der Waals surface area contributed by atoms with E-state index in [1.807, 2.05) is 0 Å². The van der Waals surface area contributed by atoms with Gasteiger partial charge in [-0.25, -0.2) is 5.06 Å². The molecule has 0 saturated carbocycles. The smallest absolute Gasteiger partial charge is 0.317 e. The number of hydrogen-bond acceptors (Lipinski definition) is 5. The summed E-state index contributed by atoms with van der Waals surface area (Å²) in [6, 6.07) is 14.7. The predicted molar refractivity (Wildman–Crippen MR) is 89.5 cm³/mol. The van der Waals surface area contributed by atoms with E-state index in [-0.39, 0.29) is 4.90 Å². The van der Waals surface area contributed by atoms with E-state index >= 15 is 0 Å². The van der Waals surface area contributed by atoms with Crippen molar-refractivity contribution in [3.8, 4) is 5.75 Å². The summed E-state index contributed by atoms with van der Waals surface area (Å²) in [6.45, 7) is 0. The molecule has 24 heavy (non-hydrogen) atoms. The number of benzene rings is 2. The highest BCUT2D eigenvalue weighted by atomic mass is 32.2. The lowest BCUT2D eigenvalue weighted by Crippen LogP contribution is -2.28. The van der Waals surface area contributed by atoms with Gasteiger partial charge in [0.05, 0.1) is 12.0 Å². The molecule has 126 valence electrons. The van der Waals surface area contributed by atoms with Crippen LogP contribution in [-0.2, 0) is 19.2 Å². The Balaban J connectivity index is 2.02. The predicted octanol–water partition coefficient (Wildman–Crippen LogP) is 2.49. The molecule has 6 nitrogen and oxygen atoms in total. The van der Waals surface area contributed by atoms with Crippen molar-refractivity contribution in [2.24, 2.45) is 0 Å². The molecule has 2 aromatic rings. The monoisotopic (exact) mass is 347 g/mol. The Bertz CT molecular complexity index is 814. The van der Waals surface area contributed by atoms with E-state index in [1.54, 1.807) is 55.7 Å². The molecule has 7 heteroatoms. The Morgan fingerprint density at radius 2 is 1.67 bits per heavy atom. The van der Waals surface area contributed by atoms with E-state index in [4.69, 9.17) is 9.02 Å². The lowest BCUT2D eigenvalue weighted by atomic mass is 10.2. The molecule has 0 radical (unpaired) electrons. The molecule has 0 unspecified atom stereocenters. The van der Waals surface area contributed by atoms with Crippen LogP contribution in [0.4, 0.5) is 0 Å². The minimum atomic E-state index is -4.04. The standard InChI is InChI=1S/C17H17NO5S/c1-18(23-24(20,21)16-6-4-3-5-7-16)17(19)13-10-14-8-11-15(22-2)12-9-14/h3-13H,1-2H3. The molecular formula is C17H17NO5S. The molecule has 2 aromatic carbocycles. The number of likely N-dealkylation sites (N-methyl/N-ethyl adjacent to an activating group) is 1. The summed E-state index contributed by atoms with van der Waals surface area (Å²) in [5.74, 6) is 0.0956. The molecule has 1 amide bonds. The fourth-order valence-electron chi connectivity index (χ4n) is 1.80. The van der Waals surface area contributed by atoms with Crippen molar-refractivity contribution in [1.82, 2.24) is 5.06 Å². The molecule has 0 aliphatic carbocycles. The van der Waals surface area contributed by atoms with E-state index in [0.717, 1.165) is 5.56 Å².